The monoisotopic (exact) mass is 313 g/mol. The van der Waals surface area contributed by atoms with Crippen LogP contribution < -0.4 is 4.74 Å². The van der Waals surface area contributed by atoms with Crippen molar-refractivity contribution in [3.8, 4) is 5.75 Å². The molecule has 0 N–H and O–H groups in total. The van der Waals surface area contributed by atoms with Crippen LogP contribution in [0.3, 0.4) is 0 Å². The summed E-state index contributed by atoms with van der Waals surface area (Å²) < 4.78 is 12.5. The van der Waals surface area contributed by atoms with E-state index in [0.29, 0.717) is 6.61 Å². The molecule has 1 fully saturated rings. The van der Waals surface area contributed by atoms with Gasteiger partial charge in [-0.15, -0.1) is 0 Å². The normalized spacial score (nSPS) is 20.9. The maximum atomic E-state index is 5.75. The molecule has 18 heavy (non-hydrogen) atoms. The van der Waals surface area contributed by atoms with Crippen molar-refractivity contribution in [3.63, 3.8) is 0 Å². The van der Waals surface area contributed by atoms with Crippen molar-refractivity contribution in [1.29, 1.82) is 0 Å². The SMILES string of the molecule is CCCN1CCOC(COc2ccc(Br)cc2)C1. The standard InChI is InChI=1S/C14H20BrNO2/c1-2-7-16-8-9-17-14(10-16)11-18-13-5-3-12(15)4-6-13/h3-6,14H,2,7-11H2,1H3. The lowest BCUT2D eigenvalue weighted by Gasteiger charge is -2.32. The minimum atomic E-state index is 0.189. The van der Waals surface area contributed by atoms with Crippen LogP contribution in [0.5, 0.6) is 5.75 Å². The third-order valence-corrected chi connectivity index (χ3v) is 3.54. The zero-order chi connectivity index (χ0) is 12.8. The molecule has 0 radical (unpaired) electrons. The summed E-state index contributed by atoms with van der Waals surface area (Å²) >= 11 is 3.41. The van der Waals surface area contributed by atoms with Gasteiger partial charge in [0.2, 0.25) is 0 Å². The molecule has 2 rings (SSSR count). The van der Waals surface area contributed by atoms with E-state index in [4.69, 9.17) is 9.47 Å². The lowest BCUT2D eigenvalue weighted by Crippen LogP contribution is -2.45. The molecule has 0 spiro atoms. The van der Waals surface area contributed by atoms with E-state index in [-0.39, 0.29) is 6.10 Å². The van der Waals surface area contributed by atoms with Gasteiger partial charge >= 0.3 is 0 Å². The molecule has 1 aromatic rings. The van der Waals surface area contributed by atoms with E-state index in [1.807, 2.05) is 24.3 Å². The topological polar surface area (TPSA) is 21.7 Å². The van der Waals surface area contributed by atoms with Gasteiger partial charge in [0.15, 0.2) is 0 Å². The van der Waals surface area contributed by atoms with Gasteiger partial charge in [0.05, 0.1) is 6.61 Å². The van der Waals surface area contributed by atoms with E-state index in [2.05, 4.69) is 27.8 Å². The Morgan fingerprint density at radius 3 is 2.89 bits per heavy atom. The predicted molar refractivity (Wildman–Crippen MR) is 76.1 cm³/mol. The molecule has 0 bridgehead atoms. The number of nitrogens with zero attached hydrogens (tertiary/aromatic N) is 1. The molecular formula is C14H20BrNO2. The van der Waals surface area contributed by atoms with Crippen LogP contribution in [0, 0.1) is 0 Å². The number of rotatable bonds is 5. The van der Waals surface area contributed by atoms with Crippen LogP contribution in [0.15, 0.2) is 28.7 Å². The summed E-state index contributed by atoms with van der Waals surface area (Å²) in [6.45, 7) is 6.82. The average Bonchev–Trinajstić information content (AvgIpc) is 2.39. The van der Waals surface area contributed by atoms with E-state index in [9.17, 15) is 0 Å². The first-order valence-electron chi connectivity index (χ1n) is 6.50. The van der Waals surface area contributed by atoms with Crippen molar-refractivity contribution >= 4 is 15.9 Å². The van der Waals surface area contributed by atoms with Gasteiger partial charge in [0, 0.05) is 17.6 Å². The van der Waals surface area contributed by atoms with Gasteiger partial charge in [-0.05, 0) is 37.2 Å². The van der Waals surface area contributed by atoms with E-state index in [0.717, 1.165) is 36.5 Å². The Hall–Kier alpha value is -0.580. The molecule has 1 aliphatic heterocycles. The second-order valence-corrected chi connectivity index (χ2v) is 5.47. The Morgan fingerprint density at radius 2 is 2.17 bits per heavy atom. The smallest absolute Gasteiger partial charge is 0.119 e. The fourth-order valence-electron chi connectivity index (χ4n) is 2.12. The van der Waals surface area contributed by atoms with Crippen LogP contribution in [0.2, 0.25) is 0 Å². The second kappa shape index (κ2) is 7.12. The third-order valence-electron chi connectivity index (χ3n) is 3.01. The van der Waals surface area contributed by atoms with E-state index in [1.54, 1.807) is 0 Å². The van der Waals surface area contributed by atoms with Crippen LogP contribution >= 0.6 is 15.9 Å². The average molecular weight is 314 g/mol. The summed E-state index contributed by atoms with van der Waals surface area (Å²) in [4.78, 5) is 2.44. The van der Waals surface area contributed by atoms with Crippen LogP contribution in [0.4, 0.5) is 0 Å². The first-order valence-corrected chi connectivity index (χ1v) is 7.29. The Labute approximate surface area is 117 Å². The molecule has 3 nitrogen and oxygen atoms in total. The molecule has 0 aromatic heterocycles. The molecule has 0 aliphatic carbocycles. The van der Waals surface area contributed by atoms with E-state index >= 15 is 0 Å². The minimum absolute atomic E-state index is 0.189. The van der Waals surface area contributed by atoms with Crippen molar-refractivity contribution in [2.24, 2.45) is 0 Å². The molecule has 1 unspecified atom stereocenters. The number of hydrogen-bond acceptors (Lipinski definition) is 3. The van der Waals surface area contributed by atoms with Crippen LogP contribution in [0.1, 0.15) is 13.3 Å². The maximum absolute atomic E-state index is 5.75. The Balaban J connectivity index is 1.77. The summed E-state index contributed by atoms with van der Waals surface area (Å²) in [6.07, 6.45) is 1.38. The molecule has 0 saturated carbocycles. The quantitative estimate of drug-likeness (QED) is 0.834. The Morgan fingerprint density at radius 1 is 1.39 bits per heavy atom. The minimum Gasteiger partial charge on any atom is -0.491 e. The molecule has 1 saturated heterocycles. The number of morpholine rings is 1. The number of ether oxygens (including phenoxy) is 2. The van der Waals surface area contributed by atoms with Gasteiger partial charge in [-0.2, -0.15) is 0 Å². The summed E-state index contributed by atoms with van der Waals surface area (Å²) in [7, 11) is 0. The van der Waals surface area contributed by atoms with Crippen molar-refractivity contribution in [3.05, 3.63) is 28.7 Å². The van der Waals surface area contributed by atoms with Crippen molar-refractivity contribution < 1.29 is 9.47 Å². The van der Waals surface area contributed by atoms with Crippen molar-refractivity contribution in [1.82, 2.24) is 4.90 Å². The number of halogens is 1. The van der Waals surface area contributed by atoms with Gasteiger partial charge in [-0.25, -0.2) is 0 Å². The van der Waals surface area contributed by atoms with E-state index < -0.39 is 0 Å². The second-order valence-electron chi connectivity index (χ2n) is 4.56. The molecular weight excluding hydrogens is 294 g/mol. The molecule has 0 amide bonds. The predicted octanol–water partition coefficient (Wildman–Crippen LogP) is 2.94. The van der Waals surface area contributed by atoms with Gasteiger partial charge < -0.3 is 9.47 Å². The highest BCUT2D eigenvalue weighted by Gasteiger charge is 2.20. The fraction of sp³-hybridized carbons (Fsp3) is 0.571. The van der Waals surface area contributed by atoms with Crippen LogP contribution in [-0.4, -0.2) is 43.9 Å². The molecule has 1 aromatic carbocycles. The summed E-state index contributed by atoms with van der Waals surface area (Å²) in [5.74, 6) is 0.898. The fourth-order valence-corrected chi connectivity index (χ4v) is 2.38. The number of hydrogen-bond donors (Lipinski definition) is 0. The lowest BCUT2D eigenvalue weighted by atomic mass is 10.2. The first-order chi connectivity index (χ1) is 8.78. The molecule has 4 heteroatoms. The van der Waals surface area contributed by atoms with Gasteiger partial charge in [0.25, 0.3) is 0 Å². The number of benzene rings is 1. The molecule has 1 aliphatic rings. The maximum Gasteiger partial charge on any atom is 0.119 e. The van der Waals surface area contributed by atoms with Crippen molar-refractivity contribution in [2.45, 2.75) is 19.4 Å². The summed E-state index contributed by atoms with van der Waals surface area (Å²) in [6, 6.07) is 7.91. The Bertz CT molecular complexity index is 353. The highest BCUT2D eigenvalue weighted by atomic mass is 79.9. The molecule has 100 valence electrons. The summed E-state index contributed by atoms with van der Waals surface area (Å²) in [5, 5.41) is 0. The van der Waals surface area contributed by atoms with Gasteiger partial charge in [0.1, 0.15) is 18.5 Å². The first kappa shape index (κ1) is 13.8. The highest BCUT2D eigenvalue weighted by molar-refractivity contribution is 9.10. The molecule has 1 atom stereocenters. The van der Waals surface area contributed by atoms with Crippen molar-refractivity contribution in [2.75, 3.05) is 32.8 Å². The zero-order valence-corrected chi connectivity index (χ0v) is 12.4. The van der Waals surface area contributed by atoms with Gasteiger partial charge in [-0.3, -0.25) is 4.90 Å². The molecule has 1 heterocycles. The zero-order valence-electron chi connectivity index (χ0n) is 10.8. The largest absolute Gasteiger partial charge is 0.491 e. The highest BCUT2D eigenvalue weighted by Crippen LogP contribution is 2.17. The van der Waals surface area contributed by atoms with Gasteiger partial charge in [-0.1, -0.05) is 22.9 Å². The van der Waals surface area contributed by atoms with Crippen LogP contribution in [-0.2, 0) is 4.74 Å². The summed E-state index contributed by atoms with van der Waals surface area (Å²) in [5.41, 5.74) is 0. The van der Waals surface area contributed by atoms with Crippen LogP contribution in [0.25, 0.3) is 0 Å². The Kier molecular flexibility index (Phi) is 5.47. The lowest BCUT2D eigenvalue weighted by molar-refractivity contribution is -0.0477. The van der Waals surface area contributed by atoms with E-state index in [1.165, 1.54) is 6.42 Å². The third kappa shape index (κ3) is 4.26.